The molecule has 128 valence electrons. The molecule has 0 radical (unpaired) electrons. The van der Waals surface area contributed by atoms with Gasteiger partial charge in [-0.3, -0.25) is 9.59 Å². The van der Waals surface area contributed by atoms with E-state index < -0.39 is 24.7 Å². The fourth-order valence-electron chi connectivity index (χ4n) is 1.61. The summed E-state index contributed by atoms with van der Waals surface area (Å²) in [6, 6.07) is 2.17. The average molecular weight is 334 g/mol. The number of nitrogens with zero attached hydrogens (tertiary/aromatic N) is 2. The Labute approximate surface area is 131 Å². The molecular weight excluding hydrogens is 317 g/mol. The Hall–Kier alpha value is -2.32. The van der Waals surface area contributed by atoms with Crippen LogP contribution in [0.25, 0.3) is 0 Å². The van der Waals surface area contributed by atoms with E-state index in [4.69, 9.17) is 0 Å². The molecule has 0 bridgehead atoms. The Morgan fingerprint density at radius 2 is 1.96 bits per heavy atom. The zero-order chi connectivity index (χ0) is 17.6. The highest BCUT2D eigenvalue weighted by Gasteiger charge is 2.28. The summed E-state index contributed by atoms with van der Waals surface area (Å²) in [5, 5.41) is 0. The molecule has 1 aromatic heterocycles. The third kappa shape index (κ3) is 6.13. The van der Waals surface area contributed by atoms with E-state index in [1.807, 2.05) is 0 Å². The molecule has 6 nitrogen and oxygen atoms in total. The molecule has 9 heteroatoms. The lowest BCUT2D eigenvalue weighted by Crippen LogP contribution is -2.41. The number of hydrogen-bond acceptors (Lipinski definition) is 5. The number of pyridine rings is 1. The van der Waals surface area contributed by atoms with Gasteiger partial charge in [0.1, 0.15) is 6.54 Å². The van der Waals surface area contributed by atoms with Crippen LogP contribution in [0, 0.1) is 0 Å². The first-order valence-corrected chi connectivity index (χ1v) is 6.67. The number of carbonyl (C=O) groups excluding carboxylic acids is 2. The predicted octanol–water partition coefficient (Wildman–Crippen LogP) is 2.05. The first-order chi connectivity index (χ1) is 10.6. The van der Waals surface area contributed by atoms with Crippen LogP contribution in [0.15, 0.2) is 18.3 Å². The monoisotopic (exact) mass is 334 g/mol. The maximum absolute atomic E-state index is 12.3. The summed E-state index contributed by atoms with van der Waals surface area (Å²) in [5.74, 6) is -1.31. The number of carbonyl (C=O) groups is 2. The molecule has 0 saturated heterocycles. The van der Waals surface area contributed by atoms with Crippen molar-refractivity contribution in [2.45, 2.75) is 26.1 Å². The Morgan fingerprint density at radius 1 is 1.30 bits per heavy atom. The van der Waals surface area contributed by atoms with Crippen LogP contribution in [-0.4, -0.2) is 54.2 Å². The minimum absolute atomic E-state index is 0.127. The minimum atomic E-state index is -4.47. The summed E-state index contributed by atoms with van der Waals surface area (Å²) in [6.45, 7) is 1.73. The molecule has 0 saturated carbocycles. The van der Waals surface area contributed by atoms with Gasteiger partial charge in [-0.15, -0.1) is 0 Å². The van der Waals surface area contributed by atoms with E-state index in [0.717, 1.165) is 12.3 Å². The number of amides is 1. The molecular formula is C14H17F3N2O4. The number of methoxy groups -OCH3 is 1. The molecule has 0 aromatic carbocycles. The smallest absolute Gasteiger partial charge is 0.422 e. The van der Waals surface area contributed by atoms with Crippen molar-refractivity contribution in [1.29, 1.82) is 0 Å². The van der Waals surface area contributed by atoms with Gasteiger partial charge in [0.2, 0.25) is 5.88 Å². The maximum Gasteiger partial charge on any atom is 0.422 e. The first kappa shape index (κ1) is 18.7. The second-order valence-corrected chi connectivity index (χ2v) is 4.89. The highest BCUT2D eigenvalue weighted by molar-refractivity contribution is 5.95. The number of alkyl halides is 3. The van der Waals surface area contributed by atoms with Crippen molar-refractivity contribution >= 4 is 11.9 Å². The van der Waals surface area contributed by atoms with E-state index in [2.05, 4.69) is 14.5 Å². The van der Waals surface area contributed by atoms with Crippen molar-refractivity contribution < 1.29 is 32.2 Å². The summed E-state index contributed by atoms with van der Waals surface area (Å²) in [6.07, 6.45) is -3.37. The van der Waals surface area contributed by atoms with Gasteiger partial charge in [-0.2, -0.15) is 13.2 Å². The van der Waals surface area contributed by atoms with Gasteiger partial charge >= 0.3 is 12.1 Å². The maximum atomic E-state index is 12.3. The summed E-state index contributed by atoms with van der Waals surface area (Å²) in [7, 11) is 1.21. The lowest BCUT2D eigenvalue weighted by Gasteiger charge is -2.25. The minimum Gasteiger partial charge on any atom is -0.468 e. The Kier molecular flexibility index (Phi) is 6.35. The van der Waals surface area contributed by atoms with Crippen LogP contribution in [0.4, 0.5) is 13.2 Å². The van der Waals surface area contributed by atoms with Crippen LogP contribution in [0.1, 0.15) is 24.2 Å². The van der Waals surface area contributed by atoms with Crippen LogP contribution in [0.3, 0.4) is 0 Å². The van der Waals surface area contributed by atoms with Crippen molar-refractivity contribution in [2.24, 2.45) is 0 Å². The van der Waals surface area contributed by atoms with Gasteiger partial charge < -0.3 is 14.4 Å². The van der Waals surface area contributed by atoms with Gasteiger partial charge in [0.05, 0.1) is 12.7 Å². The summed E-state index contributed by atoms with van der Waals surface area (Å²) >= 11 is 0. The fraction of sp³-hybridized carbons (Fsp3) is 0.500. The van der Waals surface area contributed by atoms with E-state index in [1.54, 1.807) is 13.8 Å². The van der Waals surface area contributed by atoms with E-state index in [-0.39, 0.29) is 24.0 Å². The Balaban J connectivity index is 2.80. The zero-order valence-corrected chi connectivity index (χ0v) is 12.9. The molecule has 0 atom stereocenters. The lowest BCUT2D eigenvalue weighted by atomic mass is 10.2. The van der Waals surface area contributed by atoms with Crippen molar-refractivity contribution in [1.82, 2.24) is 9.88 Å². The molecule has 0 N–H and O–H groups in total. The van der Waals surface area contributed by atoms with Crippen LogP contribution >= 0.6 is 0 Å². The van der Waals surface area contributed by atoms with E-state index in [9.17, 15) is 22.8 Å². The molecule has 0 aliphatic heterocycles. The normalized spacial score (nSPS) is 11.3. The van der Waals surface area contributed by atoms with E-state index in [1.165, 1.54) is 18.1 Å². The molecule has 0 aliphatic rings. The first-order valence-electron chi connectivity index (χ1n) is 6.67. The molecule has 0 unspecified atom stereocenters. The molecule has 1 heterocycles. The topological polar surface area (TPSA) is 68.7 Å². The Morgan fingerprint density at radius 3 is 2.39 bits per heavy atom. The number of rotatable bonds is 6. The average Bonchev–Trinajstić information content (AvgIpc) is 2.49. The summed E-state index contributed by atoms with van der Waals surface area (Å²) in [4.78, 5) is 28.6. The number of aromatic nitrogens is 1. The number of esters is 1. The molecule has 0 aliphatic carbocycles. The molecule has 23 heavy (non-hydrogen) atoms. The molecule has 1 amide bonds. The highest BCUT2D eigenvalue weighted by atomic mass is 19.4. The highest BCUT2D eigenvalue weighted by Crippen LogP contribution is 2.17. The van der Waals surface area contributed by atoms with Crippen LogP contribution in [-0.2, 0) is 9.53 Å². The standard InChI is InChI=1S/C14H17F3N2O4/c1-9(2)19(7-12(20)22-3)13(21)10-4-5-11(18-6-10)23-8-14(15,16)17/h4-6,9H,7-8H2,1-3H3. The van der Waals surface area contributed by atoms with Crippen LogP contribution in [0.5, 0.6) is 5.88 Å². The van der Waals surface area contributed by atoms with Crippen LogP contribution in [0.2, 0.25) is 0 Å². The van der Waals surface area contributed by atoms with Crippen molar-refractivity contribution in [2.75, 3.05) is 20.3 Å². The second-order valence-electron chi connectivity index (χ2n) is 4.89. The molecule has 0 fully saturated rings. The van der Waals surface area contributed by atoms with Gasteiger partial charge in [-0.1, -0.05) is 0 Å². The predicted molar refractivity (Wildman–Crippen MR) is 74.0 cm³/mol. The van der Waals surface area contributed by atoms with Crippen molar-refractivity contribution in [3.05, 3.63) is 23.9 Å². The summed E-state index contributed by atoms with van der Waals surface area (Å²) in [5.41, 5.74) is 0.127. The van der Waals surface area contributed by atoms with E-state index >= 15 is 0 Å². The lowest BCUT2D eigenvalue weighted by molar-refractivity contribution is -0.154. The van der Waals surface area contributed by atoms with E-state index in [0.29, 0.717) is 0 Å². The van der Waals surface area contributed by atoms with Crippen LogP contribution < -0.4 is 4.74 Å². The van der Waals surface area contributed by atoms with Gasteiger partial charge in [0, 0.05) is 18.3 Å². The third-order valence-electron chi connectivity index (χ3n) is 2.78. The molecule has 0 spiro atoms. The fourth-order valence-corrected chi connectivity index (χ4v) is 1.61. The second kappa shape index (κ2) is 7.80. The molecule has 1 rings (SSSR count). The number of hydrogen-bond donors (Lipinski definition) is 0. The van der Waals surface area contributed by atoms with Gasteiger partial charge in [-0.05, 0) is 19.9 Å². The van der Waals surface area contributed by atoms with Crippen molar-refractivity contribution in [3.8, 4) is 5.88 Å². The molecule has 1 aromatic rings. The van der Waals surface area contributed by atoms with Gasteiger partial charge in [-0.25, -0.2) is 4.98 Å². The number of ether oxygens (including phenoxy) is 2. The largest absolute Gasteiger partial charge is 0.468 e. The SMILES string of the molecule is COC(=O)CN(C(=O)c1ccc(OCC(F)(F)F)nc1)C(C)C. The van der Waals surface area contributed by atoms with Gasteiger partial charge in [0.15, 0.2) is 6.61 Å². The van der Waals surface area contributed by atoms with Gasteiger partial charge in [0.25, 0.3) is 5.91 Å². The summed E-state index contributed by atoms with van der Waals surface area (Å²) < 4.78 is 45.1. The van der Waals surface area contributed by atoms with Crippen molar-refractivity contribution in [3.63, 3.8) is 0 Å². The number of halogens is 3. The zero-order valence-electron chi connectivity index (χ0n) is 12.9. The Bertz CT molecular complexity index is 544. The third-order valence-corrected chi connectivity index (χ3v) is 2.78. The quantitative estimate of drug-likeness (QED) is 0.745.